The Kier molecular flexibility index (Phi) is 4.04. The lowest BCUT2D eigenvalue weighted by Gasteiger charge is -2.06. The lowest BCUT2D eigenvalue weighted by Crippen LogP contribution is -2.23. The normalized spacial score (nSPS) is 11.4. The largest absolute Gasteiger partial charge is 0.508 e. The van der Waals surface area contributed by atoms with Gasteiger partial charge in [0.05, 0.1) is 0 Å². The molecule has 0 amide bonds. The molecule has 1 aromatic heterocycles. The minimum absolute atomic E-state index is 0.0516. The fraction of sp³-hybridized carbons (Fsp3) is 0.0833. The average Bonchev–Trinajstić information content (AvgIpc) is 2.39. The summed E-state index contributed by atoms with van der Waals surface area (Å²) in [6.45, 7) is 0.130. The average molecular weight is 299 g/mol. The molecule has 0 saturated heterocycles. The van der Waals surface area contributed by atoms with Crippen LogP contribution in [0.3, 0.4) is 0 Å². The number of benzene rings is 1. The molecule has 0 fully saturated rings. The van der Waals surface area contributed by atoms with Gasteiger partial charge in [0, 0.05) is 12.7 Å². The van der Waals surface area contributed by atoms with Gasteiger partial charge in [0.2, 0.25) is 10.0 Å². The van der Waals surface area contributed by atoms with Crippen LogP contribution in [0.25, 0.3) is 0 Å². The highest BCUT2D eigenvalue weighted by atomic mass is 35.5. The number of phenols is 1. The van der Waals surface area contributed by atoms with Gasteiger partial charge >= 0.3 is 0 Å². The van der Waals surface area contributed by atoms with E-state index in [1.807, 2.05) is 0 Å². The molecule has 0 radical (unpaired) electrons. The Balaban J connectivity index is 2.09. The minimum atomic E-state index is -3.62. The zero-order valence-electron chi connectivity index (χ0n) is 9.75. The van der Waals surface area contributed by atoms with Crippen molar-refractivity contribution < 1.29 is 13.5 Å². The molecule has 0 unspecified atom stereocenters. The zero-order valence-corrected chi connectivity index (χ0v) is 11.3. The number of hydrogen-bond donors (Lipinski definition) is 2. The second-order valence-corrected chi connectivity index (χ2v) is 5.96. The summed E-state index contributed by atoms with van der Waals surface area (Å²) in [5, 5.41) is 9.36. The predicted molar refractivity (Wildman–Crippen MR) is 71.4 cm³/mol. The van der Waals surface area contributed by atoms with Crippen LogP contribution < -0.4 is 4.72 Å². The van der Waals surface area contributed by atoms with Crippen LogP contribution in [0.4, 0.5) is 0 Å². The van der Waals surface area contributed by atoms with Crippen LogP contribution in [-0.4, -0.2) is 18.5 Å². The standard InChI is InChI=1S/C12H11ClN2O3S/c13-12-6-5-11(8-14-12)19(17,18)15-7-9-1-3-10(16)4-2-9/h1-6,8,15-16H,7H2. The van der Waals surface area contributed by atoms with E-state index in [0.29, 0.717) is 0 Å². The highest BCUT2D eigenvalue weighted by molar-refractivity contribution is 7.89. The van der Waals surface area contributed by atoms with Gasteiger partial charge < -0.3 is 5.11 Å². The van der Waals surface area contributed by atoms with Gasteiger partial charge in [-0.05, 0) is 29.8 Å². The second kappa shape index (κ2) is 5.56. The van der Waals surface area contributed by atoms with Gasteiger partial charge in [-0.1, -0.05) is 23.7 Å². The quantitative estimate of drug-likeness (QED) is 0.845. The van der Waals surface area contributed by atoms with Crippen molar-refractivity contribution in [3.8, 4) is 5.75 Å². The Morgan fingerprint density at radius 3 is 2.42 bits per heavy atom. The summed E-state index contributed by atoms with van der Waals surface area (Å²) in [7, 11) is -3.62. The maximum atomic E-state index is 11.9. The molecule has 0 aliphatic carbocycles. The summed E-state index contributed by atoms with van der Waals surface area (Å²) < 4.78 is 26.3. The third kappa shape index (κ3) is 3.66. The first kappa shape index (κ1) is 13.8. The van der Waals surface area contributed by atoms with Crippen LogP contribution in [0.5, 0.6) is 5.75 Å². The van der Waals surface area contributed by atoms with E-state index < -0.39 is 10.0 Å². The Labute approximate surface area is 115 Å². The topological polar surface area (TPSA) is 79.3 Å². The van der Waals surface area contributed by atoms with Crippen molar-refractivity contribution in [3.63, 3.8) is 0 Å². The van der Waals surface area contributed by atoms with Gasteiger partial charge in [0.1, 0.15) is 15.8 Å². The number of phenolic OH excluding ortho intramolecular Hbond substituents is 1. The van der Waals surface area contributed by atoms with Gasteiger partial charge in [0.15, 0.2) is 0 Å². The first-order chi connectivity index (χ1) is 8.97. The monoisotopic (exact) mass is 298 g/mol. The molecular formula is C12H11ClN2O3S. The van der Waals surface area contributed by atoms with E-state index in [9.17, 15) is 8.42 Å². The SMILES string of the molecule is O=S(=O)(NCc1ccc(O)cc1)c1ccc(Cl)nc1. The van der Waals surface area contributed by atoms with E-state index in [0.717, 1.165) is 5.56 Å². The van der Waals surface area contributed by atoms with E-state index in [-0.39, 0.29) is 22.3 Å². The number of rotatable bonds is 4. The molecule has 1 heterocycles. The maximum absolute atomic E-state index is 11.9. The van der Waals surface area contributed by atoms with Gasteiger partial charge in [-0.2, -0.15) is 0 Å². The number of aromatic hydroxyl groups is 1. The van der Waals surface area contributed by atoms with E-state index in [2.05, 4.69) is 9.71 Å². The molecule has 2 N–H and O–H groups in total. The Morgan fingerprint density at radius 2 is 1.84 bits per heavy atom. The predicted octanol–water partition coefficient (Wildman–Crippen LogP) is 1.92. The van der Waals surface area contributed by atoms with Crippen LogP contribution in [0.2, 0.25) is 5.15 Å². The van der Waals surface area contributed by atoms with Crippen molar-refractivity contribution in [1.29, 1.82) is 0 Å². The molecule has 19 heavy (non-hydrogen) atoms. The van der Waals surface area contributed by atoms with E-state index >= 15 is 0 Å². The van der Waals surface area contributed by atoms with Crippen molar-refractivity contribution in [2.75, 3.05) is 0 Å². The summed E-state index contributed by atoms with van der Waals surface area (Å²) in [6, 6.07) is 9.06. The Bertz CT molecular complexity index is 654. The lowest BCUT2D eigenvalue weighted by molar-refractivity contribution is 0.475. The molecule has 2 rings (SSSR count). The molecule has 0 spiro atoms. The number of nitrogens with zero attached hydrogens (tertiary/aromatic N) is 1. The third-order valence-electron chi connectivity index (χ3n) is 2.41. The zero-order chi connectivity index (χ0) is 13.9. The van der Waals surface area contributed by atoms with Crippen molar-refractivity contribution in [2.45, 2.75) is 11.4 Å². The molecule has 100 valence electrons. The van der Waals surface area contributed by atoms with Crippen LogP contribution in [0.15, 0.2) is 47.5 Å². The van der Waals surface area contributed by atoms with Crippen LogP contribution in [0.1, 0.15) is 5.56 Å². The highest BCUT2D eigenvalue weighted by Gasteiger charge is 2.13. The molecule has 7 heteroatoms. The summed E-state index contributed by atoms with van der Waals surface area (Å²) in [5.41, 5.74) is 0.739. The molecule has 1 aromatic carbocycles. The van der Waals surface area contributed by atoms with E-state index in [1.54, 1.807) is 12.1 Å². The minimum Gasteiger partial charge on any atom is -0.508 e. The Morgan fingerprint density at radius 1 is 1.16 bits per heavy atom. The van der Waals surface area contributed by atoms with Crippen LogP contribution in [0, 0.1) is 0 Å². The molecule has 0 aliphatic rings. The smallest absolute Gasteiger partial charge is 0.242 e. The van der Waals surface area contributed by atoms with Crippen LogP contribution >= 0.6 is 11.6 Å². The highest BCUT2D eigenvalue weighted by Crippen LogP contribution is 2.13. The number of hydrogen-bond acceptors (Lipinski definition) is 4. The Hall–Kier alpha value is -1.63. The molecule has 0 bridgehead atoms. The fourth-order valence-corrected chi connectivity index (χ4v) is 2.47. The first-order valence-corrected chi connectivity index (χ1v) is 7.22. The molecular weight excluding hydrogens is 288 g/mol. The van der Waals surface area contributed by atoms with Crippen molar-refractivity contribution in [2.24, 2.45) is 0 Å². The third-order valence-corrected chi connectivity index (χ3v) is 4.02. The van der Waals surface area contributed by atoms with Crippen LogP contribution in [-0.2, 0) is 16.6 Å². The molecule has 0 saturated carbocycles. The lowest BCUT2D eigenvalue weighted by atomic mass is 10.2. The number of nitrogens with one attached hydrogen (secondary N) is 1. The summed E-state index contributed by atoms with van der Waals surface area (Å²) >= 11 is 5.60. The van der Waals surface area contributed by atoms with E-state index in [1.165, 1.54) is 30.5 Å². The molecule has 0 aliphatic heterocycles. The maximum Gasteiger partial charge on any atom is 0.242 e. The van der Waals surface area contributed by atoms with Crippen molar-refractivity contribution in [3.05, 3.63) is 53.3 Å². The molecule has 5 nitrogen and oxygen atoms in total. The van der Waals surface area contributed by atoms with Gasteiger partial charge in [0.25, 0.3) is 0 Å². The summed E-state index contributed by atoms with van der Waals surface area (Å²) in [4.78, 5) is 3.78. The number of pyridine rings is 1. The summed E-state index contributed by atoms with van der Waals surface area (Å²) in [6.07, 6.45) is 1.20. The fourth-order valence-electron chi connectivity index (χ4n) is 1.40. The van der Waals surface area contributed by atoms with Crippen molar-refractivity contribution >= 4 is 21.6 Å². The number of aromatic nitrogens is 1. The van der Waals surface area contributed by atoms with Crippen molar-refractivity contribution in [1.82, 2.24) is 9.71 Å². The number of sulfonamides is 1. The molecule has 2 aromatic rings. The van der Waals surface area contributed by atoms with Gasteiger partial charge in [-0.3, -0.25) is 0 Å². The first-order valence-electron chi connectivity index (χ1n) is 5.36. The second-order valence-electron chi connectivity index (χ2n) is 3.81. The van der Waals surface area contributed by atoms with Gasteiger partial charge in [-0.25, -0.2) is 18.1 Å². The number of halogens is 1. The summed E-state index contributed by atoms with van der Waals surface area (Å²) in [5.74, 6) is 0.133. The van der Waals surface area contributed by atoms with E-state index in [4.69, 9.17) is 16.7 Å². The molecule has 0 atom stereocenters. The van der Waals surface area contributed by atoms with Gasteiger partial charge in [-0.15, -0.1) is 0 Å².